The van der Waals surface area contributed by atoms with E-state index >= 15 is 0 Å². The lowest BCUT2D eigenvalue weighted by atomic mass is 10.2. The van der Waals surface area contributed by atoms with Gasteiger partial charge in [0.1, 0.15) is 0 Å². The molecule has 1 atom stereocenters. The Morgan fingerprint density at radius 3 is 3.15 bits per heavy atom. The molecule has 0 aromatic heterocycles. The number of ether oxygens (including phenoxy) is 2. The molecule has 20 heavy (non-hydrogen) atoms. The van der Waals surface area contributed by atoms with Crippen LogP contribution in [0.1, 0.15) is 25.3 Å². The van der Waals surface area contributed by atoms with E-state index in [1.54, 1.807) is 0 Å². The summed E-state index contributed by atoms with van der Waals surface area (Å²) < 4.78 is 10.7. The lowest BCUT2D eigenvalue weighted by molar-refractivity contribution is 0.174. The van der Waals surface area contributed by atoms with Crippen molar-refractivity contribution in [1.29, 1.82) is 0 Å². The van der Waals surface area contributed by atoms with Crippen LogP contribution >= 0.6 is 11.6 Å². The van der Waals surface area contributed by atoms with Crippen molar-refractivity contribution in [1.82, 2.24) is 10.2 Å². The molecule has 0 radical (unpaired) electrons. The quantitative estimate of drug-likeness (QED) is 0.906. The molecule has 1 N–H and O–H groups in total. The summed E-state index contributed by atoms with van der Waals surface area (Å²) in [6.07, 6.45) is 2.61. The van der Waals surface area contributed by atoms with Gasteiger partial charge in [0.05, 0.1) is 5.02 Å². The number of hydrogen-bond acceptors (Lipinski definition) is 4. The van der Waals surface area contributed by atoms with Crippen LogP contribution < -0.4 is 14.8 Å². The Labute approximate surface area is 125 Å². The van der Waals surface area contributed by atoms with E-state index in [-0.39, 0.29) is 6.79 Å². The Hall–Kier alpha value is -0.970. The van der Waals surface area contributed by atoms with Crippen molar-refractivity contribution in [2.75, 3.05) is 26.4 Å². The van der Waals surface area contributed by atoms with Gasteiger partial charge in [0.25, 0.3) is 0 Å². The van der Waals surface area contributed by atoms with Crippen molar-refractivity contribution in [3.05, 3.63) is 22.7 Å². The van der Waals surface area contributed by atoms with E-state index in [1.807, 2.05) is 12.1 Å². The minimum absolute atomic E-state index is 0.263. The number of halogens is 1. The smallest absolute Gasteiger partial charge is 0.231 e. The SMILES string of the molecule is CCN1CCCC1CNCc1cc(Cl)c2c(c1)OCO2. The predicted octanol–water partition coefficient (Wildman–Crippen LogP) is 2.64. The van der Waals surface area contributed by atoms with Crippen molar-refractivity contribution in [2.24, 2.45) is 0 Å². The van der Waals surface area contributed by atoms with Crippen LogP contribution in [0.2, 0.25) is 5.02 Å². The summed E-state index contributed by atoms with van der Waals surface area (Å²) in [7, 11) is 0. The van der Waals surface area contributed by atoms with Crippen molar-refractivity contribution >= 4 is 11.6 Å². The normalized spacial score (nSPS) is 21.6. The van der Waals surface area contributed by atoms with E-state index < -0.39 is 0 Å². The van der Waals surface area contributed by atoms with Gasteiger partial charge in [-0.25, -0.2) is 0 Å². The maximum Gasteiger partial charge on any atom is 0.231 e. The molecule has 110 valence electrons. The standard InChI is InChI=1S/C15H21ClN2O2/c1-2-18-5-3-4-12(18)9-17-8-11-6-13(16)15-14(7-11)19-10-20-15/h6-7,12,17H,2-5,8-10H2,1H3. The van der Waals surface area contributed by atoms with Gasteiger partial charge in [-0.1, -0.05) is 18.5 Å². The summed E-state index contributed by atoms with van der Waals surface area (Å²) >= 11 is 6.19. The molecule has 3 rings (SSSR count). The van der Waals surface area contributed by atoms with Gasteiger partial charge in [-0.15, -0.1) is 0 Å². The Bertz CT molecular complexity index is 481. The minimum Gasteiger partial charge on any atom is -0.454 e. The minimum atomic E-state index is 0.263. The molecular weight excluding hydrogens is 276 g/mol. The van der Waals surface area contributed by atoms with Gasteiger partial charge in [-0.3, -0.25) is 4.90 Å². The molecule has 2 aliphatic heterocycles. The molecule has 4 nitrogen and oxygen atoms in total. The van der Waals surface area contributed by atoms with Crippen molar-refractivity contribution in [3.63, 3.8) is 0 Å². The first kappa shape index (κ1) is 14.0. The average molecular weight is 297 g/mol. The highest BCUT2D eigenvalue weighted by Crippen LogP contribution is 2.39. The first-order valence-electron chi connectivity index (χ1n) is 7.30. The molecule has 0 amide bonds. The van der Waals surface area contributed by atoms with E-state index in [4.69, 9.17) is 21.1 Å². The van der Waals surface area contributed by atoms with Crippen LogP contribution in [-0.2, 0) is 6.54 Å². The molecule has 1 saturated heterocycles. The molecular formula is C15H21ClN2O2. The monoisotopic (exact) mass is 296 g/mol. The Balaban J connectivity index is 1.55. The van der Waals surface area contributed by atoms with Crippen LogP contribution in [0.4, 0.5) is 0 Å². The largest absolute Gasteiger partial charge is 0.454 e. The fourth-order valence-electron chi connectivity index (χ4n) is 3.05. The summed E-state index contributed by atoms with van der Waals surface area (Å²) in [5.74, 6) is 1.42. The molecule has 2 heterocycles. The second kappa shape index (κ2) is 6.20. The Kier molecular flexibility index (Phi) is 4.34. The number of hydrogen-bond donors (Lipinski definition) is 1. The van der Waals surface area contributed by atoms with Crippen LogP contribution in [0.5, 0.6) is 11.5 Å². The molecule has 0 spiro atoms. The van der Waals surface area contributed by atoms with Gasteiger partial charge in [-0.2, -0.15) is 0 Å². The van der Waals surface area contributed by atoms with E-state index in [1.165, 1.54) is 19.4 Å². The zero-order valence-corrected chi connectivity index (χ0v) is 12.6. The van der Waals surface area contributed by atoms with Gasteiger partial charge < -0.3 is 14.8 Å². The molecule has 1 fully saturated rings. The predicted molar refractivity (Wildman–Crippen MR) is 79.6 cm³/mol. The number of nitrogens with one attached hydrogen (secondary N) is 1. The van der Waals surface area contributed by atoms with Gasteiger partial charge in [-0.05, 0) is 43.6 Å². The summed E-state index contributed by atoms with van der Waals surface area (Å²) in [6, 6.07) is 4.63. The summed E-state index contributed by atoms with van der Waals surface area (Å²) in [5.41, 5.74) is 1.14. The van der Waals surface area contributed by atoms with E-state index in [9.17, 15) is 0 Å². The Morgan fingerprint density at radius 2 is 2.30 bits per heavy atom. The number of likely N-dealkylation sites (tertiary alicyclic amines) is 1. The Morgan fingerprint density at radius 1 is 1.40 bits per heavy atom. The number of fused-ring (bicyclic) bond motifs is 1. The molecule has 1 aromatic carbocycles. The fraction of sp³-hybridized carbons (Fsp3) is 0.600. The first-order chi connectivity index (χ1) is 9.78. The lowest BCUT2D eigenvalue weighted by Gasteiger charge is -2.23. The average Bonchev–Trinajstić information content (AvgIpc) is 3.07. The lowest BCUT2D eigenvalue weighted by Crippen LogP contribution is -2.37. The van der Waals surface area contributed by atoms with Crippen LogP contribution in [0, 0.1) is 0 Å². The summed E-state index contributed by atoms with van der Waals surface area (Å²) in [4.78, 5) is 2.54. The van der Waals surface area contributed by atoms with Crippen LogP contribution in [0.3, 0.4) is 0 Å². The van der Waals surface area contributed by atoms with E-state index in [0.717, 1.165) is 30.9 Å². The highest BCUT2D eigenvalue weighted by atomic mass is 35.5. The third kappa shape index (κ3) is 2.87. The maximum absolute atomic E-state index is 6.19. The van der Waals surface area contributed by atoms with Crippen LogP contribution in [-0.4, -0.2) is 37.4 Å². The van der Waals surface area contributed by atoms with Crippen LogP contribution in [0.15, 0.2) is 12.1 Å². The molecule has 0 bridgehead atoms. The summed E-state index contributed by atoms with van der Waals surface area (Å²) in [5, 5.41) is 4.16. The van der Waals surface area contributed by atoms with Gasteiger partial charge in [0.2, 0.25) is 6.79 Å². The van der Waals surface area contributed by atoms with E-state index in [0.29, 0.717) is 16.8 Å². The molecule has 2 aliphatic rings. The van der Waals surface area contributed by atoms with E-state index in [2.05, 4.69) is 17.1 Å². The second-order valence-electron chi connectivity index (χ2n) is 5.37. The van der Waals surface area contributed by atoms with Crippen molar-refractivity contribution < 1.29 is 9.47 Å². The third-order valence-electron chi connectivity index (χ3n) is 4.10. The molecule has 5 heteroatoms. The first-order valence-corrected chi connectivity index (χ1v) is 7.68. The third-order valence-corrected chi connectivity index (χ3v) is 4.38. The highest BCUT2D eigenvalue weighted by Gasteiger charge is 2.22. The molecule has 1 aromatic rings. The van der Waals surface area contributed by atoms with Crippen molar-refractivity contribution in [3.8, 4) is 11.5 Å². The zero-order valence-electron chi connectivity index (χ0n) is 11.8. The fourth-order valence-corrected chi connectivity index (χ4v) is 3.34. The number of rotatable bonds is 5. The van der Waals surface area contributed by atoms with Gasteiger partial charge in [0, 0.05) is 19.1 Å². The topological polar surface area (TPSA) is 33.7 Å². The maximum atomic E-state index is 6.19. The number of nitrogens with zero attached hydrogens (tertiary/aromatic N) is 1. The number of benzene rings is 1. The van der Waals surface area contributed by atoms with Crippen molar-refractivity contribution in [2.45, 2.75) is 32.4 Å². The molecule has 0 saturated carbocycles. The zero-order chi connectivity index (χ0) is 13.9. The van der Waals surface area contributed by atoms with Gasteiger partial charge in [0.15, 0.2) is 11.5 Å². The van der Waals surface area contributed by atoms with Crippen LogP contribution in [0.25, 0.3) is 0 Å². The number of likely N-dealkylation sites (N-methyl/N-ethyl adjacent to an activating group) is 1. The molecule has 1 unspecified atom stereocenters. The summed E-state index contributed by atoms with van der Waals surface area (Å²) in [6.45, 7) is 6.71. The molecule has 0 aliphatic carbocycles. The highest BCUT2D eigenvalue weighted by molar-refractivity contribution is 6.32. The second-order valence-corrected chi connectivity index (χ2v) is 5.77. The van der Waals surface area contributed by atoms with Gasteiger partial charge >= 0.3 is 0 Å².